The van der Waals surface area contributed by atoms with Gasteiger partial charge in [0.25, 0.3) is 0 Å². The molecule has 0 unspecified atom stereocenters. The van der Waals surface area contributed by atoms with Crippen molar-refractivity contribution >= 4 is 31.6 Å². The summed E-state index contributed by atoms with van der Waals surface area (Å²) in [7, 11) is 0. The van der Waals surface area contributed by atoms with E-state index in [1.807, 2.05) is 67.2 Å². The fourth-order valence-corrected chi connectivity index (χ4v) is 4.98. The maximum absolute atomic E-state index is 11.9. The van der Waals surface area contributed by atoms with Gasteiger partial charge >= 0.3 is 17.1 Å². The number of rotatable bonds is 17. The number of nitrogens with one attached hydrogen (secondary N) is 3. The van der Waals surface area contributed by atoms with Crippen LogP contribution in [0.5, 0.6) is 0 Å². The molecule has 14 heteroatoms. The molecular weight excluding hydrogens is 706 g/mol. The molecule has 1 radical (unpaired) electrons. The molecular formula is C37H82FeN9O3S. The van der Waals surface area contributed by atoms with Crippen LogP contribution < -0.4 is 16.0 Å². The zero-order chi connectivity index (χ0) is 39.0. The van der Waals surface area contributed by atoms with E-state index in [-0.39, 0.29) is 65.3 Å². The molecule has 0 aliphatic heterocycles. The van der Waals surface area contributed by atoms with Gasteiger partial charge in [0.05, 0.1) is 52.4 Å². The molecule has 0 spiro atoms. The molecule has 51 heavy (non-hydrogen) atoms. The van der Waals surface area contributed by atoms with Gasteiger partial charge < -0.3 is 59.3 Å². The van der Waals surface area contributed by atoms with Crippen LogP contribution >= 0.6 is 0 Å². The second-order valence-corrected chi connectivity index (χ2v) is 15.7. The Bertz CT molecular complexity index is 748. The Morgan fingerprint density at radius 3 is 0.745 bits per heavy atom. The van der Waals surface area contributed by atoms with Crippen LogP contribution in [0.3, 0.4) is 0 Å². The number of quaternary nitrogens is 2. The molecule has 0 aromatic rings. The second-order valence-electron chi connectivity index (χ2n) is 15.7. The molecule has 0 bridgehead atoms. The molecule has 0 atom stereocenters. The minimum absolute atomic E-state index is 0. The normalized spacial score (nSPS) is 11.6. The van der Waals surface area contributed by atoms with E-state index in [1.54, 1.807) is 0 Å². The molecule has 0 aliphatic carbocycles. The van der Waals surface area contributed by atoms with Crippen LogP contribution in [0.25, 0.3) is 16.0 Å². The first kappa shape index (κ1) is 58.9. The maximum atomic E-state index is 11.9. The molecule has 0 aromatic carbocycles. The van der Waals surface area contributed by atoms with E-state index in [2.05, 4.69) is 87.3 Å². The number of nitrogens with zero attached hydrogens (tertiary/aromatic N) is 6. The predicted molar refractivity (Wildman–Crippen MR) is 218 cm³/mol. The van der Waals surface area contributed by atoms with Crippen molar-refractivity contribution in [3.63, 3.8) is 0 Å². The number of hydrogen-bond acceptors (Lipinski definition) is 4. The monoisotopic (exact) mass is 789 g/mol. The van der Waals surface area contributed by atoms with Crippen LogP contribution in [-0.4, -0.2) is 140 Å². The van der Waals surface area contributed by atoms with Crippen molar-refractivity contribution < 1.29 is 40.4 Å². The molecule has 6 amide bonds. The number of carbonyl (C=O) groups is 3. The maximum Gasteiger partial charge on any atom is 3.00 e. The van der Waals surface area contributed by atoms with E-state index in [4.69, 9.17) is 0 Å². The Balaban J connectivity index is -0.000000288. The van der Waals surface area contributed by atoms with E-state index >= 15 is 0 Å². The summed E-state index contributed by atoms with van der Waals surface area (Å²) in [5.41, 5.74) is -1.05. The zero-order valence-corrected chi connectivity index (χ0v) is 38.0. The molecule has 0 aromatic heterocycles. The summed E-state index contributed by atoms with van der Waals surface area (Å²) in [6, 6.07) is -1.09. The predicted octanol–water partition coefficient (Wildman–Crippen LogP) is 7.69. The van der Waals surface area contributed by atoms with E-state index < -0.39 is 0 Å². The summed E-state index contributed by atoms with van der Waals surface area (Å²) in [5, 5.41) is 20.4. The first-order valence-corrected chi connectivity index (χ1v) is 18.9. The van der Waals surface area contributed by atoms with E-state index in [0.717, 1.165) is 0 Å². The minimum atomic E-state index is -0.365. The van der Waals surface area contributed by atoms with Gasteiger partial charge in [-0.2, -0.15) is 0 Å². The third-order valence-corrected chi connectivity index (χ3v) is 8.83. The molecule has 3 N–H and O–H groups in total. The Morgan fingerprint density at radius 1 is 0.451 bits per heavy atom. The van der Waals surface area contributed by atoms with Crippen molar-refractivity contribution in [2.75, 3.05) is 91.6 Å². The number of amides is 6. The first-order valence-electron chi connectivity index (χ1n) is 18.9. The summed E-state index contributed by atoms with van der Waals surface area (Å²) in [6.45, 7) is 47.8. The summed E-state index contributed by atoms with van der Waals surface area (Å²) in [5.74, 6) is 0. The molecule has 0 fully saturated rings. The van der Waals surface area contributed by atoms with Crippen molar-refractivity contribution in [1.29, 1.82) is 0 Å². The van der Waals surface area contributed by atoms with Gasteiger partial charge in [-0.3, -0.25) is 14.4 Å². The van der Waals surface area contributed by atoms with Crippen LogP contribution in [0.1, 0.15) is 118 Å². The summed E-state index contributed by atoms with van der Waals surface area (Å²) in [6.07, 6.45) is 0. The summed E-state index contributed by atoms with van der Waals surface area (Å²) in [4.78, 5) is 37.6. The molecule has 0 heterocycles. The first-order chi connectivity index (χ1) is 22.5. The van der Waals surface area contributed by atoms with Gasteiger partial charge in [0.1, 0.15) is 0 Å². The van der Waals surface area contributed by atoms with Crippen LogP contribution in [0.4, 0.5) is 14.4 Å². The molecule has 0 rings (SSSR count). The van der Waals surface area contributed by atoms with Gasteiger partial charge in [-0.1, -0.05) is 62.3 Å². The topological polar surface area (TPSA) is 133 Å². The van der Waals surface area contributed by atoms with Gasteiger partial charge in [0.2, 0.25) is 0 Å². The van der Waals surface area contributed by atoms with Gasteiger partial charge in [0, 0.05) is 0 Å². The van der Waals surface area contributed by atoms with Gasteiger partial charge in [-0.25, -0.2) is 0 Å². The van der Waals surface area contributed by atoms with Gasteiger partial charge in [-0.05, 0) is 111 Å². The second kappa shape index (κ2) is 29.9. The molecule has 0 saturated carbocycles. The number of hydrogen-bond donors (Lipinski definition) is 3. The van der Waals surface area contributed by atoms with E-state index in [0.29, 0.717) is 39.3 Å². The Kier molecular flexibility index (Phi) is 34.6. The largest absolute Gasteiger partial charge is 3.00 e. The average molecular weight is 789 g/mol. The van der Waals surface area contributed by atoms with Crippen LogP contribution in [0.2, 0.25) is 0 Å². The fourth-order valence-electron chi connectivity index (χ4n) is 4.98. The van der Waals surface area contributed by atoms with Crippen molar-refractivity contribution in [2.45, 2.75) is 134 Å². The van der Waals surface area contributed by atoms with E-state index in [1.165, 1.54) is 61.3 Å². The minimum Gasteiger partial charge on any atom is -2.00 e. The zero-order valence-electron chi connectivity index (χ0n) is 36.1. The Hall–Kier alpha value is -1.44. The molecule has 0 saturated heterocycles. The smallest absolute Gasteiger partial charge is 2.00 e. The van der Waals surface area contributed by atoms with Crippen molar-refractivity contribution in [3.05, 3.63) is 16.0 Å². The van der Waals surface area contributed by atoms with Gasteiger partial charge in [0.15, 0.2) is 18.1 Å². The quantitative estimate of drug-likeness (QED) is 0.103. The third-order valence-electron chi connectivity index (χ3n) is 8.83. The van der Waals surface area contributed by atoms with Crippen LogP contribution in [-0.2, 0) is 30.6 Å². The van der Waals surface area contributed by atoms with E-state index in [9.17, 15) is 14.4 Å². The molecule has 0 aliphatic rings. The van der Waals surface area contributed by atoms with Crippen LogP contribution in [0, 0.1) is 0 Å². The Morgan fingerprint density at radius 2 is 0.627 bits per heavy atom. The van der Waals surface area contributed by atoms with Crippen molar-refractivity contribution in [2.24, 2.45) is 0 Å². The average Bonchev–Trinajstić information content (AvgIpc) is 2.98. The molecule has 307 valence electrons. The Labute approximate surface area is 333 Å². The SMILES string of the molecule is CC(C)(C)NC(=O)[N-]CCN(CC[N-]C(=O)NC(C)(C)C)CC[N-]C(=O)NC(C)(C)C.CC[N+](CC)(CC)CC.CC[N+](CC)(CC)CC.[Fe+3].[S-2]. The fraction of sp³-hybridized carbons (Fsp3) is 0.919. The van der Waals surface area contributed by atoms with Gasteiger partial charge in [-0.15, -0.1) is 0 Å². The molecule has 12 nitrogen and oxygen atoms in total. The summed E-state index contributed by atoms with van der Waals surface area (Å²) < 4.78 is 2.56. The van der Waals surface area contributed by atoms with Crippen LogP contribution in [0.15, 0.2) is 0 Å². The number of carbonyl (C=O) groups excluding carboxylic acids is 3. The summed E-state index contributed by atoms with van der Waals surface area (Å²) >= 11 is 0. The standard InChI is InChI=1S/C21H45N7O3.2C8H20N.Fe.S/c1-19(2,3)25-16(29)22-10-13-28(14-11-23-17(30)26-20(4,5)6)15-12-24-18(31)27-21(7,8)9;2*1-5-9(6-2,7-3)8-4;;/h10-15H2,1-9H3,(H6,22,23,24,25,26,27,29,30,31);2*5-8H2,1-4H3;;/q;2*+1;+3;-2/p-3. The van der Waals surface area contributed by atoms with Crippen molar-refractivity contribution in [3.8, 4) is 0 Å². The number of urea groups is 3. The van der Waals surface area contributed by atoms with Crippen molar-refractivity contribution in [1.82, 2.24) is 20.9 Å². The third kappa shape index (κ3) is 34.1.